The van der Waals surface area contributed by atoms with Crippen LogP contribution in [0.5, 0.6) is 0 Å². The molecule has 0 amide bonds. The molecular weight excluding hydrogens is 333 g/mol. The number of halogens is 3. The van der Waals surface area contributed by atoms with Crippen molar-refractivity contribution in [3.05, 3.63) is 71.4 Å². The molecule has 7 heteroatoms. The third-order valence-electron chi connectivity index (χ3n) is 3.67. The Hall–Kier alpha value is -3.09. The Morgan fingerprint density at radius 1 is 1.12 bits per heavy atom. The number of rotatable bonds is 3. The van der Waals surface area contributed by atoms with Gasteiger partial charge in [-0.15, -0.1) is 0 Å². The number of aromatic nitrogens is 2. The molecule has 1 aromatic heterocycles. The Kier molecular flexibility index (Phi) is 4.08. The molecule has 0 saturated heterocycles. The van der Waals surface area contributed by atoms with Gasteiger partial charge in [-0.05, 0) is 31.2 Å². The molecule has 128 valence electrons. The van der Waals surface area contributed by atoms with Crippen LogP contribution in [0.3, 0.4) is 0 Å². The van der Waals surface area contributed by atoms with Gasteiger partial charge in [-0.2, -0.15) is 18.3 Å². The van der Waals surface area contributed by atoms with Gasteiger partial charge in [0.1, 0.15) is 11.3 Å². The third kappa shape index (κ3) is 3.40. The zero-order valence-corrected chi connectivity index (χ0v) is 13.1. The van der Waals surface area contributed by atoms with Crippen LogP contribution >= 0.6 is 0 Å². The number of nitrogens with zero attached hydrogens (tertiary/aromatic N) is 2. The monoisotopic (exact) mass is 346 g/mol. The summed E-state index contributed by atoms with van der Waals surface area (Å²) < 4.78 is 39.8. The van der Waals surface area contributed by atoms with Crippen LogP contribution in [0.4, 0.5) is 13.2 Å². The second-order valence-corrected chi connectivity index (χ2v) is 5.56. The summed E-state index contributed by atoms with van der Waals surface area (Å²) in [6.07, 6.45) is -3.27. The highest BCUT2D eigenvalue weighted by molar-refractivity contribution is 5.94. The first kappa shape index (κ1) is 16.8. The van der Waals surface area contributed by atoms with Crippen molar-refractivity contribution < 1.29 is 23.1 Å². The van der Waals surface area contributed by atoms with Crippen molar-refractivity contribution in [3.63, 3.8) is 0 Å². The Labute approximate surface area is 141 Å². The van der Waals surface area contributed by atoms with Crippen LogP contribution in [0.15, 0.2) is 54.7 Å². The molecule has 0 aliphatic rings. The quantitative estimate of drug-likeness (QED) is 0.756. The van der Waals surface area contributed by atoms with Gasteiger partial charge in [-0.25, -0.2) is 9.48 Å². The molecule has 0 aliphatic carbocycles. The zero-order chi connectivity index (χ0) is 18.2. The normalized spacial score (nSPS) is 11.5. The van der Waals surface area contributed by atoms with Crippen molar-refractivity contribution in [1.29, 1.82) is 0 Å². The Bertz CT molecular complexity index is 945. The minimum Gasteiger partial charge on any atom is -0.478 e. The first-order chi connectivity index (χ1) is 11.8. The van der Waals surface area contributed by atoms with Crippen molar-refractivity contribution in [1.82, 2.24) is 9.78 Å². The maximum absolute atomic E-state index is 12.9. The molecule has 1 N–H and O–H groups in total. The Morgan fingerprint density at radius 2 is 1.84 bits per heavy atom. The van der Waals surface area contributed by atoms with Crippen LogP contribution < -0.4 is 0 Å². The molecule has 0 saturated carbocycles. The summed E-state index contributed by atoms with van der Waals surface area (Å²) in [5, 5.41) is 13.6. The van der Waals surface area contributed by atoms with Gasteiger partial charge in [0.15, 0.2) is 0 Å². The van der Waals surface area contributed by atoms with E-state index in [9.17, 15) is 23.1 Å². The molecule has 4 nitrogen and oxygen atoms in total. The molecule has 0 spiro atoms. The molecule has 0 radical (unpaired) electrons. The van der Waals surface area contributed by atoms with E-state index in [1.54, 1.807) is 18.2 Å². The summed E-state index contributed by atoms with van der Waals surface area (Å²) >= 11 is 0. The van der Waals surface area contributed by atoms with E-state index in [-0.39, 0.29) is 16.9 Å². The van der Waals surface area contributed by atoms with Crippen molar-refractivity contribution in [3.8, 4) is 16.9 Å². The lowest BCUT2D eigenvalue weighted by Crippen LogP contribution is -2.06. The number of carbonyl (C=O) groups is 1. The van der Waals surface area contributed by atoms with Gasteiger partial charge in [-0.3, -0.25) is 0 Å². The maximum atomic E-state index is 12.9. The molecule has 0 unspecified atom stereocenters. The molecule has 3 aromatic rings. The molecule has 3 rings (SSSR count). The van der Waals surface area contributed by atoms with E-state index in [0.29, 0.717) is 5.56 Å². The summed E-state index contributed by atoms with van der Waals surface area (Å²) in [6, 6.07) is 11.7. The fourth-order valence-electron chi connectivity index (χ4n) is 2.49. The van der Waals surface area contributed by atoms with E-state index in [4.69, 9.17) is 0 Å². The number of hydrogen-bond donors (Lipinski definition) is 1. The molecule has 0 fully saturated rings. The summed E-state index contributed by atoms with van der Waals surface area (Å²) in [5.41, 5.74) is 0.938. The molecule has 25 heavy (non-hydrogen) atoms. The highest BCUT2D eigenvalue weighted by Crippen LogP contribution is 2.31. The van der Waals surface area contributed by atoms with Crippen LogP contribution in [0.1, 0.15) is 21.5 Å². The topological polar surface area (TPSA) is 55.1 Å². The number of benzene rings is 2. The van der Waals surface area contributed by atoms with Gasteiger partial charge in [-0.1, -0.05) is 29.8 Å². The average Bonchev–Trinajstić information content (AvgIpc) is 3.00. The predicted molar refractivity (Wildman–Crippen MR) is 85.7 cm³/mol. The van der Waals surface area contributed by atoms with E-state index in [1.807, 2.05) is 13.0 Å². The second kappa shape index (κ2) is 6.08. The average molecular weight is 346 g/mol. The lowest BCUT2D eigenvalue weighted by atomic mass is 10.1. The lowest BCUT2D eigenvalue weighted by molar-refractivity contribution is -0.137. The summed E-state index contributed by atoms with van der Waals surface area (Å²) in [6.45, 7) is 1.85. The standard InChI is InChI=1S/C18H13F3N2O2/c1-11-4-2-5-12(8-11)16-15(17(24)25)10-23(22-16)14-7-3-6-13(9-14)18(19,20)21/h2-10H,1H3,(H,24,25). The van der Waals surface area contributed by atoms with Gasteiger partial charge in [0.25, 0.3) is 0 Å². The predicted octanol–water partition coefficient (Wildman–Crippen LogP) is 4.56. The van der Waals surface area contributed by atoms with Gasteiger partial charge in [0.2, 0.25) is 0 Å². The number of aryl methyl sites for hydroxylation is 1. The van der Waals surface area contributed by atoms with Crippen LogP contribution in [-0.4, -0.2) is 20.9 Å². The van der Waals surface area contributed by atoms with E-state index in [2.05, 4.69) is 5.10 Å². The SMILES string of the molecule is Cc1cccc(-c2nn(-c3cccc(C(F)(F)F)c3)cc2C(=O)O)c1. The lowest BCUT2D eigenvalue weighted by Gasteiger charge is -2.08. The molecule has 0 aliphatic heterocycles. The highest BCUT2D eigenvalue weighted by atomic mass is 19.4. The molecule has 2 aromatic carbocycles. The molecule has 0 atom stereocenters. The first-order valence-corrected chi connectivity index (χ1v) is 7.33. The number of carboxylic acids is 1. The smallest absolute Gasteiger partial charge is 0.416 e. The van der Waals surface area contributed by atoms with Crippen LogP contribution in [-0.2, 0) is 6.18 Å². The van der Waals surface area contributed by atoms with Gasteiger partial charge in [0, 0.05) is 11.8 Å². The van der Waals surface area contributed by atoms with Crippen molar-refractivity contribution >= 4 is 5.97 Å². The number of alkyl halides is 3. The fraction of sp³-hybridized carbons (Fsp3) is 0.111. The fourth-order valence-corrected chi connectivity index (χ4v) is 2.49. The van der Waals surface area contributed by atoms with Crippen LogP contribution in [0.25, 0.3) is 16.9 Å². The van der Waals surface area contributed by atoms with Crippen molar-refractivity contribution in [2.24, 2.45) is 0 Å². The van der Waals surface area contributed by atoms with Crippen molar-refractivity contribution in [2.45, 2.75) is 13.1 Å². The number of carboxylic acid groups (broad SMARTS) is 1. The van der Waals surface area contributed by atoms with Crippen molar-refractivity contribution in [2.75, 3.05) is 0 Å². The van der Waals surface area contributed by atoms with Crippen LogP contribution in [0.2, 0.25) is 0 Å². The summed E-state index contributed by atoms with van der Waals surface area (Å²) in [5.74, 6) is -1.20. The minimum absolute atomic E-state index is 0.0805. The summed E-state index contributed by atoms with van der Waals surface area (Å²) in [4.78, 5) is 11.5. The molecule has 1 heterocycles. The minimum atomic E-state index is -4.49. The number of hydrogen-bond acceptors (Lipinski definition) is 2. The van der Waals surface area contributed by atoms with E-state index in [1.165, 1.54) is 18.3 Å². The largest absolute Gasteiger partial charge is 0.478 e. The van der Waals surface area contributed by atoms with Gasteiger partial charge >= 0.3 is 12.1 Å². The Morgan fingerprint density at radius 3 is 2.48 bits per heavy atom. The second-order valence-electron chi connectivity index (χ2n) is 5.56. The number of aromatic carboxylic acids is 1. The molecule has 0 bridgehead atoms. The Balaban J connectivity index is 2.14. The maximum Gasteiger partial charge on any atom is 0.416 e. The van der Waals surface area contributed by atoms with Crippen LogP contribution in [0, 0.1) is 6.92 Å². The summed E-state index contributed by atoms with van der Waals surface area (Å²) in [7, 11) is 0. The van der Waals surface area contributed by atoms with Gasteiger partial charge in [0.05, 0.1) is 11.3 Å². The van der Waals surface area contributed by atoms with E-state index in [0.717, 1.165) is 22.4 Å². The third-order valence-corrected chi connectivity index (χ3v) is 3.67. The highest BCUT2D eigenvalue weighted by Gasteiger charge is 2.30. The van der Waals surface area contributed by atoms with E-state index < -0.39 is 17.7 Å². The van der Waals surface area contributed by atoms with Gasteiger partial charge < -0.3 is 5.11 Å². The first-order valence-electron chi connectivity index (χ1n) is 7.33. The molecular formula is C18H13F3N2O2. The zero-order valence-electron chi connectivity index (χ0n) is 13.1. The van der Waals surface area contributed by atoms with E-state index >= 15 is 0 Å².